The van der Waals surface area contributed by atoms with Crippen molar-refractivity contribution in [2.45, 2.75) is 11.8 Å². The summed E-state index contributed by atoms with van der Waals surface area (Å²) in [5.74, 6) is 5.72. The maximum absolute atomic E-state index is 12.3. The average molecular weight is 397 g/mol. The highest BCUT2D eigenvalue weighted by molar-refractivity contribution is 7.89. The van der Waals surface area contributed by atoms with E-state index in [1.54, 1.807) is 6.92 Å². The number of hydrogen-bond acceptors (Lipinski definition) is 3. The number of benzene rings is 2. The second-order valence-corrected chi connectivity index (χ2v) is 8.15. The fourth-order valence-electron chi connectivity index (χ4n) is 2.03. The van der Waals surface area contributed by atoms with Gasteiger partial charge in [0.05, 0.1) is 11.6 Å². The van der Waals surface area contributed by atoms with Crippen molar-refractivity contribution in [2.24, 2.45) is 0 Å². The van der Waals surface area contributed by atoms with E-state index < -0.39 is 10.0 Å². The van der Waals surface area contributed by atoms with E-state index in [4.69, 9.17) is 23.2 Å². The van der Waals surface area contributed by atoms with Crippen LogP contribution in [0.25, 0.3) is 0 Å². The van der Waals surface area contributed by atoms with Gasteiger partial charge in [-0.25, -0.2) is 8.42 Å². The highest BCUT2D eigenvalue weighted by Crippen LogP contribution is 2.27. The Balaban J connectivity index is 2.08. The van der Waals surface area contributed by atoms with Crippen LogP contribution in [0.1, 0.15) is 11.1 Å². The van der Waals surface area contributed by atoms with Crippen molar-refractivity contribution in [1.82, 2.24) is 4.72 Å². The minimum Gasteiger partial charge on any atom is -0.378 e. The number of rotatable bonds is 4. The maximum Gasteiger partial charge on any atom is 0.242 e. The minimum atomic E-state index is -3.75. The van der Waals surface area contributed by atoms with Gasteiger partial charge in [-0.05, 0) is 48.9 Å². The molecule has 132 valence electrons. The van der Waals surface area contributed by atoms with Crippen molar-refractivity contribution >= 4 is 38.9 Å². The Morgan fingerprint density at radius 1 is 1.08 bits per heavy atom. The van der Waals surface area contributed by atoms with Crippen molar-refractivity contribution in [2.75, 3.05) is 25.5 Å². The zero-order valence-corrected chi connectivity index (χ0v) is 16.4. The first kappa shape index (κ1) is 19.6. The predicted octanol–water partition coefficient (Wildman–Crippen LogP) is 3.70. The van der Waals surface area contributed by atoms with Crippen LogP contribution in [-0.2, 0) is 10.0 Å². The standard InChI is InChI=1S/C18H18Cl2N2O2S/c1-13-11-18(17(20)12-16(13)19)25(23,24)21-10-4-5-14-6-8-15(9-7-14)22(2)3/h6-9,11-12,21H,10H2,1-3H3. The molecule has 4 nitrogen and oxygen atoms in total. The van der Waals surface area contributed by atoms with Crippen LogP contribution >= 0.6 is 23.2 Å². The summed E-state index contributed by atoms with van der Waals surface area (Å²) in [6.45, 7) is 1.70. The van der Waals surface area contributed by atoms with Gasteiger partial charge in [0.2, 0.25) is 10.0 Å². The Hall–Kier alpha value is -1.71. The fraction of sp³-hybridized carbons (Fsp3) is 0.222. The quantitative estimate of drug-likeness (QED) is 0.801. The first-order chi connectivity index (χ1) is 11.7. The van der Waals surface area contributed by atoms with E-state index in [0.29, 0.717) is 10.6 Å². The van der Waals surface area contributed by atoms with Gasteiger partial charge in [-0.3, -0.25) is 0 Å². The van der Waals surface area contributed by atoms with Crippen molar-refractivity contribution in [1.29, 1.82) is 0 Å². The third kappa shape index (κ3) is 5.13. The molecule has 0 fully saturated rings. The van der Waals surface area contributed by atoms with E-state index in [2.05, 4.69) is 16.6 Å². The average Bonchev–Trinajstić information content (AvgIpc) is 2.55. The molecule has 0 amide bonds. The summed E-state index contributed by atoms with van der Waals surface area (Å²) in [6.07, 6.45) is 0. The summed E-state index contributed by atoms with van der Waals surface area (Å²) in [5.41, 5.74) is 2.52. The zero-order chi connectivity index (χ0) is 18.6. The van der Waals surface area contributed by atoms with Crippen LogP contribution in [0.4, 0.5) is 5.69 Å². The van der Waals surface area contributed by atoms with Gasteiger partial charge in [-0.15, -0.1) is 0 Å². The SMILES string of the molecule is Cc1cc(S(=O)(=O)NCC#Cc2ccc(N(C)C)cc2)c(Cl)cc1Cl. The van der Waals surface area contributed by atoms with E-state index in [9.17, 15) is 8.42 Å². The van der Waals surface area contributed by atoms with Crippen LogP contribution < -0.4 is 9.62 Å². The third-order valence-electron chi connectivity index (χ3n) is 3.47. The summed E-state index contributed by atoms with van der Waals surface area (Å²) in [5, 5.41) is 0.500. The highest BCUT2D eigenvalue weighted by Gasteiger charge is 2.18. The normalized spacial score (nSPS) is 10.9. The first-order valence-corrected chi connectivity index (χ1v) is 9.66. The lowest BCUT2D eigenvalue weighted by molar-refractivity contribution is 0.586. The molecule has 0 atom stereocenters. The minimum absolute atomic E-state index is 0.00629. The number of nitrogens with one attached hydrogen (secondary N) is 1. The van der Waals surface area contributed by atoms with Crippen LogP contribution in [0.15, 0.2) is 41.3 Å². The Labute approximate surface area is 158 Å². The van der Waals surface area contributed by atoms with Crippen LogP contribution in [0.5, 0.6) is 0 Å². The molecule has 0 radical (unpaired) electrons. The lowest BCUT2D eigenvalue weighted by Crippen LogP contribution is -2.24. The Kier molecular flexibility index (Phi) is 6.36. The zero-order valence-electron chi connectivity index (χ0n) is 14.1. The molecule has 0 unspecified atom stereocenters. The molecule has 7 heteroatoms. The van der Waals surface area contributed by atoms with Gasteiger partial charge < -0.3 is 4.90 Å². The smallest absolute Gasteiger partial charge is 0.242 e. The molecule has 0 aliphatic heterocycles. The number of halogens is 2. The molecule has 0 aliphatic carbocycles. The number of nitrogens with zero attached hydrogens (tertiary/aromatic N) is 1. The van der Waals surface area contributed by atoms with Crippen molar-refractivity contribution in [3.05, 3.63) is 57.6 Å². The van der Waals surface area contributed by atoms with Gasteiger partial charge >= 0.3 is 0 Å². The highest BCUT2D eigenvalue weighted by atomic mass is 35.5. The molecular formula is C18H18Cl2N2O2S. The summed E-state index contributed by atoms with van der Waals surface area (Å²) in [4.78, 5) is 1.98. The summed E-state index contributed by atoms with van der Waals surface area (Å²) in [7, 11) is 0.162. The first-order valence-electron chi connectivity index (χ1n) is 7.42. The molecule has 25 heavy (non-hydrogen) atoms. The summed E-state index contributed by atoms with van der Waals surface area (Å²) < 4.78 is 27.1. The van der Waals surface area contributed by atoms with Gasteiger partial charge in [0.25, 0.3) is 0 Å². The lowest BCUT2D eigenvalue weighted by atomic mass is 10.2. The Morgan fingerprint density at radius 3 is 2.32 bits per heavy atom. The summed E-state index contributed by atoms with van der Waals surface area (Å²) >= 11 is 11.9. The molecule has 0 bridgehead atoms. The van der Waals surface area contributed by atoms with Crippen molar-refractivity contribution < 1.29 is 8.42 Å². The monoisotopic (exact) mass is 396 g/mol. The van der Waals surface area contributed by atoms with E-state index in [1.165, 1.54) is 12.1 Å². The van der Waals surface area contributed by atoms with Gasteiger partial charge in [0, 0.05) is 30.4 Å². The number of aryl methyl sites for hydroxylation is 1. The Morgan fingerprint density at radius 2 is 1.72 bits per heavy atom. The molecule has 0 saturated heterocycles. The summed E-state index contributed by atoms with van der Waals surface area (Å²) in [6, 6.07) is 10.5. The number of anilines is 1. The van der Waals surface area contributed by atoms with Crippen LogP contribution in [-0.4, -0.2) is 29.1 Å². The molecule has 2 aromatic carbocycles. The van der Waals surface area contributed by atoms with E-state index in [1.807, 2.05) is 43.3 Å². The van der Waals surface area contributed by atoms with Gasteiger partial charge in [-0.2, -0.15) is 4.72 Å². The molecule has 2 aromatic rings. The lowest BCUT2D eigenvalue weighted by Gasteiger charge is -2.11. The molecule has 0 aromatic heterocycles. The van der Waals surface area contributed by atoms with E-state index in [-0.39, 0.29) is 16.5 Å². The second kappa shape index (κ2) is 8.11. The molecule has 2 rings (SSSR count). The number of sulfonamides is 1. The third-order valence-corrected chi connectivity index (χ3v) is 5.74. The van der Waals surface area contributed by atoms with Crippen LogP contribution in [0, 0.1) is 18.8 Å². The molecule has 0 saturated carbocycles. The topological polar surface area (TPSA) is 49.4 Å². The van der Waals surface area contributed by atoms with Gasteiger partial charge in [0.1, 0.15) is 4.90 Å². The molecule has 0 aliphatic rings. The second-order valence-electron chi connectivity index (χ2n) is 5.60. The van der Waals surface area contributed by atoms with Gasteiger partial charge in [0.15, 0.2) is 0 Å². The maximum atomic E-state index is 12.3. The molecular weight excluding hydrogens is 379 g/mol. The van der Waals surface area contributed by atoms with Crippen LogP contribution in [0.3, 0.4) is 0 Å². The Bertz CT molecular complexity index is 928. The van der Waals surface area contributed by atoms with E-state index >= 15 is 0 Å². The fourth-order valence-corrected chi connectivity index (χ4v) is 3.79. The number of hydrogen-bond donors (Lipinski definition) is 1. The molecule has 0 heterocycles. The largest absolute Gasteiger partial charge is 0.378 e. The van der Waals surface area contributed by atoms with Gasteiger partial charge in [-0.1, -0.05) is 35.0 Å². The van der Waals surface area contributed by atoms with Crippen molar-refractivity contribution in [3.8, 4) is 11.8 Å². The molecule has 1 N–H and O–H groups in total. The predicted molar refractivity (Wildman–Crippen MR) is 104 cm³/mol. The van der Waals surface area contributed by atoms with Crippen LogP contribution in [0.2, 0.25) is 10.0 Å². The molecule has 0 spiro atoms. The van der Waals surface area contributed by atoms with E-state index in [0.717, 1.165) is 11.3 Å². The van der Waals surface area contributed by atoms with Crippen molar-refractivity contribution in [3.63, 3.8) is 0 Å².